The second kappa shape index (κ2) is 12.7. The topological polar surface area (TPSA) is 27.7 Å². The molecule has 1 aromatic rings. The number of hydrogen-bond acceptors (Lipinski definition) is 3. The van der Waals surface area contributed by atoms with E-state index >= 15 is 0 Å². The quantitative estimate of drug-likeness (QED) is 0.509. The van der Waals surface area contributed by atoms with E-state index in [2.05, 4.69) is 31.2 Å². The summed E-state index contributed by atoms with van der Waals surface area (Å²) in [7, 11) is 1.67. The van der Waals surface area contributed by atoms with Crippen molar-refractivity contribution in [3.05, 3.63) is 29.8 Å². The highest BCUT2D eigenvalue weighted by Crippen LogP contribution is 2.14. The van der Waals surface area contributed by atoms with Crippen LogP contribution in [-0.2, 0) is 15.9 Å². The van der Waals surface area contributed by atoms with E-state index in [0.717, 1.165) is 5.75 Å². The molecule has 0 unspecified atom stereocenters. The highest BCUT2D eigenvalue weighted by atomic mass is 16.5. The van der Waals surface area contributed by atoms with Gasteiger partial charge in [-0.25, -0.2) is 0 Å². The zero-order valence-electron chi connectivity index (χ0n) is 13.6. The van der Waals surface area contributed by atoms with E-state index < -0.39 is 0 Å². The predicted molar refractivity (Wildman–Crippen MR) is 87.1 cm³/mol. The molecule has 0 aliphatic carbocycles. The molecule has 0 saturated carbocycles. The molecule has 0 amide bonds. The first-order valence-electron chi connectivity index (χ1n) is 8.15. The molecule has 0 atom stereocenters. The first-order chi connectivity index (χ1) is 10.4. The van der Waals surface area contributed by atoms with Gasteiger partial charge >= 0.3 is 0 Å². The van der Waals surface area contributed by atoms with E-state index in [1.807, 2.05) is 0 Å². The Labute approximate surface area is 129 Å². The maximum Gasteiger partial charge on any atom is 0.119 e. The standard InChI is InChI=1S/C18H30O3/c1-3-4-5-6-7-8-17-9-11-18(12-10-17)21-16-15-20-14-13-19-2/h9-12H,3-8,13-16H2,1-2H3. The molecule has 1 rings (SSSR count). The zero-order chi connectivity index (χ0) is 15.2. The van der Waals surface area contributed by atoms with Gasteiger partial charge in [0.15, 0.2) is 0 Å². The van der Waals surface area contributed by atoms with Gasteiger partial charge in [-0.2, -0.15) is 0 Å². The van der Waals surface area contributed by atoms with Gasteiger partial charge in [0, 0.05) is 7.11 Å². The maximum atomic E-state index is 5.63. The third-order valence-corrected chi connectivity index (χ3v) is 3.42. The fourth-order valence-corrected chi connectivity index (χ4v) is 2.15. The fraction of sp³-hybridized carbons (Fsp3) is 0.667. The molecular formula is C18H30O3. The van der Waals surface area contributed by atoms with Gasteiger partial charge < -0.3 is 14.2 Å². The van der Waals surface area contributed by atoms with Crippen LogP contribution in [0.5, 0.6) is 5.75 Å². The molecule has 0 N–H and O–H groups in total. The molecule has 0 fully saturated rings. The van der Waals surface area contributed by atoms with Crippen LogP contribution in [0.4, 0.5) is 0 Å². The third-order valence-electron chi connectivity index (χ3n) is 3.42. The number of benzene rings is 1. The molecule has 3 nitrogen and oxygen atoms in total. The van der Waals surface area contributed by atoms with Gasteiger partial charge in [-0.1, -0.05) is 44.7 Å². The number of unbranched alkanes of at least 4 members (excludes halogenated alkanes) is 4. The van der Waals surface area contributed by atoms with Crippen molar-refractivity contribution in [2.24, 2.45) is 0 Å². The third kappa shape index (κ3) is 9.48. The summed E-state index contributed by atoms with van der Waals surface area (Å²) in [6.45, 7) is 4.69. The molecule has 21 heavy (non-hydrogen) atoms. The van der Waals surface area contributed by atoms with E-state index in [4.69, 9.17) is 14.2 Å². The summed E-state index contributed by atoms with van der Waals surface area (Å²) in [5, 5.41) is 0. The van der Waals surface area contributed by atoms with Crippen LogP contribution in [0.15, 0.2) is 24.3 Å². The van der Waals surface area contributed by atoms with E-state index in [1.165, 1.54) is 44.1 Å². The van der Waals surface area contributed by atoms with Gasteiger partial charge in [-0.05, 0) is 30.5 Å². The molecule has 0 aliphatic heterocycles. The van der Waals surface area contributed by atoms with Gasteiger partial charge in [0.1, 0.15) is 12.4 Å². The summed E-state index contributed by atoms with van der Waals surface area (Å²) in [4.78, 5) is 0. The molecular weight excluding hydrogens is 264 g/mol. The van der Waals surface area contributed by atoms with Crippen molar-refractivity contribution >= 4 is 0 Å². The molecule has 0 heterocycles. The van der Waals surface area contributed by atoms with Crippen LogP contribution in [-0.4, -0.2) is 33.5 Å². The lowest BCUT2D eigenvalue weighted by atomic mass is 10.1. The van der Waals surface area contributed by atoms with E-state index in [0.29, 0.717) is 26.4 Å². The number of ether oxygens (including phenoxy) is 3. The number of hydrogen-bond donors (Lipinski definition) is 0. The smallest absolute Gasteiger partial charge is 0.119 e. The second-order valence-corrected chi connectivity index (χ2v) is 5.26. The van der Waals surface area contributed by atoms with Crippen LogP contribution in [0.25, 0.3) is 0 Å². The van der Waals surface area contributed by atoms with E-state index in [-0.39, 0.29) is 0 Å². The summed E-state index contributed by atoms with van der Waals surface area (Å²) in [6, 6.07) is 8.44. The summed E-state index contributed by atoms with van der Waals surface area (Å²) < 4.78 is 15.9. The summed E-state index contributed by atoms with van der Waals surface area (Å²) >= 11 is 0. The van der Waals surface area contributed by atoms with Crippen molar-refractivity contribution in [2.75, 3.05) is 33.5 Å². The Balaban J connectivity index is 2.09. The normalized spacial score (nSPS) is 10.8. The first-order valence-corrected chi connectivity index (χ1v) is 8.15. The van der Waals surface area contributed by atoms with E-state index in [9.17, 15) is 0 Å². The average Bonchev–Trinajstić information content (AvgIpc) is 2.52. The molecule has 3 heteroatoms. The highest BCUT2D eigenvalue weighted by Gasteiger charge is 1.97. The molecule has 1 aromatic carbocycles. The summed E-state index contributed by atoms with van der Waals surface area (Å²) in [5.41, 5.74) is 1.40. The summed E-state index contributed by atoms with van der Waals surface area (Å²) in [5.74, 6) is 0.917. The Hall–Kier alpha value is -1.06. The number of rotatable bonds is 13. The molecule has 0 spiro atoms. The lowest BCUT2D eigenvalue weighted by molar-refractivity contribution is 0.0544. The van der Waals surface area contributed by atoms with Crippen molar-refractivity contribution in [3.8, 4) is 5.75 Å². The average molecular weight is 294 g/mol. The monoisotopic (exact) mass is 294 g/mol. The van der Waals surface area contributed by atoms with Gasteiger partial charge in [0.05, 0.1) is 19.8 Å². The van der Waals surface area contributed by atoms with Crippen molar-refractivity contribution in [2.45, 2.75) is 45.4 Å². The lowest BCUT2D eigenvalue weighted by Crippen LogP contribution is -2.09. The molecule has 120 valence electrons. The first kappa shape index (κ1) is 18.0. The number of aryl methyl sites for hydroxylation is 1. The van der Waals surface area contributed by atoms with Crippen LogP contribution in [0, 0.1) is 0 Å². The SMILES string of the molecule is CCCCCCCc1ccc(OCCOCCOC)cc1. The highest BCUT2D eigenvalue weighted by molar-refractivity contribution is 5.27. The van der Waals surface area contributed by atoms with Crippen molar-refractivity contribution in [1.82, 2.24) is 0 Å². The van der Waals surface area contributed by atoms with Gasteiger partial charge in [-0.3, -0.25) is 0 Å². The Morgan fingerprint density at radius 1 is 0.810 bits per heavy atom. The van der Waals surface area contributed by atoms with Gasteiger partial charge in [0.2, 0.25) is 0 Å². The molecule has 0 bridgehead atoms. The minimum Gasteiger partial charge on any atom is -0.491 e. The van der Waals surface area contributed by atoms with Crippen LogP contribution >= 0.6 is 0 Å². The molecule has 0 saturated heterocycles. The minimum absolute atomic E-state index is 0.583. The van der Waals surface area contributed by atoms with Crippen molar-refractivity contribution in [1.29, 1.82) is 0 Å². The van der Waals surface area contributed by atoms with Crippen LogP contribution in [0.2, 0.25) is 0 Å². The zero-order valence-corrected chi connectivity index (χ0v) is 13.6. The van der Waals surface area contributed by atoms with Gasteiger partial charge in [0.25, 0.3) is 0 Å². The Morgan fingerprint density at radius 2 is 1.52 bits per heavy atom. The lowest BCUT2D eigenvalue weighted by Gasteiger charge is -2.08. The predicted octanol–water partition coefficient (Wildman–Crippen LogP) is 4.24. The van der Waals surface area contributed by atoms with Gasteiger partial charge in [-0.15, -0.1) is 0 Å². The minimum atomic E-state index is 0.583. The van der Waals surface area contributed by atoms with E-state index in [1.54, 1.807) is 7.11 Å². The van der Waals surface area contributed by atoms with Crippen molar-refractivity contribution in [3.63, 3.8) is 0 Å². The second-order valence-electron chi connectivity index (χ2n) is 5.26. The largest absolute Gasteiger partial charge is 0.491 e. The molecule has 0 aliphatic rings. The number of methoxy groups -OCH3 is 1. The van der Waals surface area contributed by atoms with Crippen LogP contribution in [0.3, 0.4) is 0 Å². The van der Waals surface area contributed by atoms with Crippen molar-refractivity contribution < 1.29 is 14.2 Å². The Bertz CT molecular complexity index is 335. The van der Waals surface area contributed by atoms with Crippen LogP contribution in [0.1, 0.15) is 44.6 Å². The maximum absolute atomic E-state index is 5.63. The molecule has 0 radical (unpaired) electrons. The summed E-state index contributed by atoms with van der Waals surface area (Å²) in [6.07, 6.45) is 7.82. The molecule has 0 aromatic heterocycles. The Morgan fingerprint density at radius 3 is 2.24 bits per heavy atom. The Kier molecular flexibility index (Phi) is 10.8. The van der Waals surface area contributed by atoms with Crippen LogP contribution < -0.4 is 4.74 Å². The fourth-order valence-electron chi connectivity index (χ4n) is 2.15.